The van der Waals surface area contributed by atoms with Crippen molar-refractivity contribution in [1.29, 1.82) is 0 Å². The molecule has 0 bridgehead atoms. The lowest BCUT2D eigenvalue weighted by Gasteiger charge is -2.39. The number of aliphatic carboxylic acids is 1. The molecule has 1 aliphatic rings. The Kier molecular flexibility index (Phi) is 4.31. The fraction of sp³-hybridized carbons (Fsp3) is 0.909. The molecule has 1 saturated heterocycles. The van der Waals surface area contributed by atoms with Gasteiger partial charge in [-0.15, -0.1) is 0 Å². The molecular formula is C11H21NO6S2. The number of rotatable bonds is 5. The van der Waals surface area contributed by atoms with Gasteiger partial charge in [-0.05, 0) is 34.1 Å². The second-order valence-electron chi connectivity index (χ2n) is 6.23. The van der Waals surface area contributed by atoms with Gasteiger partial charge in [0.1, 0.15) is 0 Å². The molecule has 1 unspecified atom stereocenters. The van der Waals surface area contributed by atoms with E-state index >= 15 is 0 Å². The van der Waals surface area contributed by atoms with Crippen LogP contribution in [0.5, 0.6) is 0 Å². The van der Waals surface area contributed by atoms with Gasteiger partial charge in [0, 0.05) is 5.54 Å². The number of hydrogen-bond acceptors (Lipinski definition) is 5. The zero-order valence-corrected chi connectivity index (χ0v) is 13.6. The molecule has 0 aromatic rings. The summed E-state index contributed by atoms with van der Waals surface area (Å²) in [5.74, 6) is -1.70. The van der Waals surface area contributed by atoms with E-state index in [9.17, 15) is 26.7 Å². The van der Waals surface area contributed by atoms with Gasteiger partial charge in [0.05, 0.1) is 22.2 Å². The standard InChI is InChI=1S/C11H21NO6S2/c1-10(2,9(13)14)11(3,4)12-20(17,18)8-5-6-19(15,16)7-8/h8,12H,5-7H2,1-4H3,(H,13,14). The van der Waals surface area contributed by atoms with Gasteiger partial charge >= 0.3 is 5.97 Å². The first-order valence-electron chi connectivity index (χ1n) is 6.18. The molecule has 0 aliphatic carbocycles. The second-order valence-corrected chi connectivity index (χ2v) is 10.4. The Morgan fingerprint density at radius 1 is 1.25 bits per heavy atom. The Bertz CT molecular complexity index is 603. The van der Waals surface area contributed by atoms with E-state index in [-0.39, 0.29) is 12.2 Å². The minimum absolute atomic E-state index is 0.0429. The highest BCUT2D eigenvalue weighted by Gasteiger charge is 2.48. The molecule has 1 heterocycles. The summed E-state index contributed by atoms with van der Waals surface area (Å²) < 4.78 is 49.6. The Morgan fingerprint density at radius 3 is 2.10 bits per heavy atom. The van der Waals surface area contributed by atoms with E-state index in [0.29, 0.717) is 0 Å². The molecule has 1 atom stereocenters. The number of nitrogens with one attached hydrogen (secondary N) is 1. The lowest BCUT2D eigenvalue weighted by molar-refractivity contribution is -0.150. The molecule has 0 radical (unpaired) electrons. The minimum Gasteiger partial charge on any atom is -0.481 e. The summed E-state index contributed by atoms with van der Waals surface area (Å²) >= 11 is 0. The van der Waals surface area contributed by atoms with Crippen LogP contribution in [0.1, 0.15) is 34.1 Å². The van der Waals surface area contributed by atoms with Crippen LogP contribution in [-0.2, 0) is 24.7 Å². The molecule has 0 aromatic heterocycles. The fourth-order valence-corrected chi connectivity index (χ4v) is 6.43. The summed E-state index contributed by atoms with van der Waals surface area (Å²) in [6.07, 6.45) is 0.0429. The highest BCUT2D eigenvalue weighted by atomic mass is 32.2. The van der Waals surface area contributed by atoms with Crippen LogP contribution in [0.25, 0.3) is 0 Å². The lowest BCUT2D eigenvalue weighted by Crippen LogP contribution is -2.58. The van der Waals surface area contributed by atoms with Gasteiger partial charge in [-0.2, -0.15) is 0 Å². The van der Waals surface area contributed by atoms with Crippen molar-refractivity contribution in [2.75, 3.05) is 11.5 Å². The van der Waals surface area contributed by atoms with Gasteiger partial charge < -0.3 is 5.11 Å². The van der Waals surface area contributed by atoms with Crippen molar-refractivity contribution < 1.29 is 26.7 Å². The average molecular weight is 327 g/mol. The van der Waals surface area contributed by atoms with E-state index in [1.165, 1.54) is 27.7 Å². The quantitative estimate of drug-likeness (QED) is 0.733. The first kappa shape index (κ1) is 17.4. The maximum absolute atomic E-state index is 12.2. The molecule has 118 valence electrons. The summed E-state index contributed by atoms with van der Waals surface area (Å²) in [5, 5.41) is 8.17. The van der Waals surface area contributed by atoms with Crippen LogP contribution in [-0.4, -0.2) is 50.2 Å². The summed E-state index contributed by atoms with van der Waals surface area (Å²) in [5.41, 5.74) is -2.58. The minimum atomic E-state index is -3.90. The SMILES string of the molecule is CC(C)(NS(=O)(=O)C1CCS(=O)(=O)C1)C(C)(C)C(=O)O. The van der Waals surface area contributed by atoms with Crippen LogP contribution in [0.3, 0.4) is 0 Å². The normalized spacial score (nSPS) is 23.7. The van der Waals surface area contributed by atoms with Gasteiger partial charge in [-0.25, -0.2) is 21.6 Å². The van der Waals surface area contributed by atoms with Crippen molar-refractivity contribution in [3.63, 3.8) is 0 Å². The van der Waals surface area contributed by atoms with Gasteiger partial charge in [-0.1, -0.05) is 0 Å². The lowest BCUT2D eigenvalue weighted by atomic mass is 9.75. The number of sulfonamides is 1. The third-order valence-electron chi connectivity index (χ3n) is 4.12. The molecule has 9 heteroatoms. The van der Waals surface area contributed by atoms with Crippen LogP contribution in [0.2, 0.25) is 0 Å². The average Bonchev–Trinajstić information content (AvgIpc) is 2.57. The van der Waals surface area contributed by atoms with Crippen molar-refractivity contribution >= 4 is 25.8 Å². The number of carboxylic acids is 1. The molecule has 0 spiro atoms. The summed E-state index contributed by atoms with van der Waals surface area (Å²) in [6, 6.07) is 0. The second kappa shape index (κ2) is 4.96. The van der Waals surface area contributed by atoms with Gasteiger partial charge in [0.15, 0.2) is 9.84 Å². The number of carbonyl (C=O) groups is 1. The van der Waals surface area contributed by atoms with E-state index in [1.54, 1.807) is 0 Å². The first-order chi connectivity index (χ1) is 8.71. The van der Waals surface area contributed by atoms with E-state index in [4.69, 9.17) is 0 Å². The number of hydrogen-bond donors (Lipinski definition) is 2. The fourth-order valence-electron chi connectivity index (χ4n) is 1.84. The molecule has 1 rings (SSSR count). The predicted octanol–water partition coefficient (Wildman–Crippen LogP) is -0.0177. The van der Waals surface area contributed by atoms with Crippen molar-refractivity contribution in [2.24, 2.45) is 5.41 Å². The molecule has 7 nitrogen and oxygen atoms in total. The summed E-state index contributed by atoms with van der Waals surface area (Å²) in [6.45, 7) is 5.79. The maximum Gasteiger partial charge on any atom is 0.310 e. The predicted molar refractivity (Wildman–Crippen MR) is 74.6 cm³/mol. The molecule has 2 N–H and O–H groups in total. The van der Waals surface area contributed by atoms with Crippen molar-refractivity contribution in [2.45, 2.75) is 44.9 Å². The van der Waals surface area contributed by atoms with Gasteiger partial charge in [0.25, 0.3) is 0 Å². The van der Waals surface area contributed by atoms with Crippen LogP contribution in [0.15, 0.2) is 0 Å². The Labute approximate surface area is 119 Å². The van der Waals surface area contributed by atoms with Crippen LogP contribution in [0.4, 0.5) is 0 Å². The van der Waals surface area contributed by atoms with Crippen molar-refractivity contribution in [3.05, 3.63) is 0 Å². The van der Waals surface area contributed by atoms with Crippen molar-refractivity contribution in [1.82, 2.24) is 4.72 Å². The Morgan fingerprint density at radius 2 is 1.75 bits per heavy atom. The largest absolute Gasteiger partial charge is 0.481 e. The summed E-state index contributed by atoms with van der Waals surface area (Å²) in [7, 11) is -7.22. The van der Waals surface area contributed by atoms with E-state index in [1.807, 2.05) is 0 Å². The zero-order chi connectivity index (χ0) is 16.0. The third kappa shape index (κ3) is 3.32. The van der Waals surface area contributed by atoms with Crippen LogP contribution in [0, 0.1) is 5.41 Å². The highest BCUT2D eigenvalue weighted by Crippen LogP contribution is 2.32. The first-order valence-corrected chi connectivity index (χ1v) is 9.55. The van der Waals surface area contributed by atoms with Crippen LogP contribution >= 0.6 is 0 Å². The van der Waals surface area contributed by atoms with Crippen molar-refractivity contribution in [3.8, 4) is 0 Å². The zero-order valence-electron chi connectivity index (χ0n) is 12.0. The summed E-state index contributed by atoms with van der Waals surface area (Å²) in [4.78, 5) is 11.2. The Hall–Kier alpha value is -0.670. The molecule has 1 fully saturated rings. The number of carboxylic acid groups (broad SMARTS) is 1. The van der Waals surface area contributed by atoms with Gasteiger partial charge in [-0.3, -0.25) is 4.79 Å². The molecule has 20 heavy (non-hydrogen) atoms. The van der Waals surface area contributed by atoms with Gasteiger partial charge in [0.2, 0.25) is 10.0 Å². The Balaban J connectivity index is 3.00. The van der Waals surface area contributed by atoms with E-state index < -0.39 is 47.8 Å². The van der Waals surface area contributed by atoms with Crippen LogP contribution < -0.4 is 4.72 Å². The molecule has 0 aromatic carbocycles. The molecule has 1 aliphatic heterocycles. The monoisotopic (exact) mass is 327 g/mol. The maximum atomic E-state index is 12.2. The van der Waals surface area contributed by atoms with E-state index in [0.717, 1.165) is 0 Å². The molecule has 0 saturated carbocycles. The topological polar surface area (TPSA) is 118 Å². The molecule has 0 amide bonds. The third-order valence-corrected chi connectivity index (χ3v) is 8.18. The highest BCUT2D eigenvalue weighted by molar-refractivity contribution is 7.95. The molecular weight excluding hydrogens is 306 g/mol. The van der Waals surface area contributed by atoms with E-state index in [2.05, 4.69) is 4.72 Å². The number of sulfone groups is 1. The smallest absolute Gasteiger partial charge is 0.310 e.